The molecule has 146 valence electrons. The summed E-state index contributed by atoms with van der Waals surface area (Å²) in [5.74, 6) is 1.18. The summed E-state index contributed by atoms with van der Waals surface area (Å²) in [6.45, 7) is 2.76. The van der Waals surface area contributed by atoms with Gasteiger partial charge in [0.05, 0.1) is 24.3 Å². The van der Waals surface area contributed by atoms with Crippen LogP contribution in [0, 0.1) is 0 Å². The number of nitrogens with zero attached hydrogens (tertiary/aromatic N) is 1. The zero-order valence-corrected chi connectivity index (χ0v) is 18.0. The van der Waals surface area contributed by atoms with E-state index in [4.69, 9.17) is 33.3 Å². The van der Waals surface area contributed by atoms with E-state index in [1.165, 1.54) is 16.7 Å². The van der Waals surface area contributed by atoms with Gasteiger partial charge < -0.3 is 9.47 Å². The highest BCUT2D eigenvalue weighted by atomic mass is 35.5. The zero-order valence-electron chi connectivity index (χ0n) is 15.6. The summed E-state index contributed by atoms with van der Waals surface area (Å²) in [5, 5.41) is 0.609. The van der Waals surface area contributed by atoms with Gasteiger partial charge in [0.15, 0.2) is 15.8 Å². The molecule has 2 aromatic rings. The minimum Gasteiger partial charge on any atom is -0.493 e. The highest BCUT2D eigenvalue weighted by Crippen LogP contribution is 2.37. The van der Waals surface area contributed by atoms with Crippen LogP contribution in [0.2, 0.25) is 5.02 Å². The van der Waals surface area contributed by atoms with Crippen molar-refractivity contribution in [2.75, 3.05) is 18.6 Å². The number of thiocarbonyl (C=S) groups is 1. The van der Waals surface area contributed by atoms with Crippen LogP contribution < -0.4 is 14.4 Å². The Morgan fingerprint density at radius 3 is 2.61 bits per heavy atom. The van der Waals surface area contributed by atoms with Gasteiger partial charge >= 0.3 is 0 Å². The van der Waals surface area contributed by atoms with Crippen molar-refractivity contribution in [3.63, 3.8) is 0 Å². The van der Waals surface area contributed by atoms with E-state index in [2.05, 4.69) is 6.92 Å². The summed E-state index contributed by atoms with van der Waals surface area (Å²) >= 11 is 12.6. The highest BCUT2D eigenvalue weighted by molar-refractivity contribution is 8.27. The van der Waals surface area contributed by atoms with Gasteiger partial charge in [0.25, 0.3) is 5.91 Å². The second kappa shape index (κ2) is 9.45. The third-order valence-electron chi connectivity index (χ3n) is 4.12. The summed E-state index contributed by atoms with van der Waals surface area (Å²) in [5.41, 5.74) is 1.55. The highest BCUT2D eigenvalue weighted by Gasteiger charge is 2.33. The maximum Gasteiger partial charge on any atom is 0.270 e. The molecule has 1 heterocycles. The SMILES string of the molecule is CCCCOc1ccc(/C=C2/SC(=S)N(c3ccc(Cl)cc3)C2=O)cc1OC. The van der Waals surface area contributed by atoms with Gasteiger partial charge in [-0.2, -0.15) is 0 Å². The van der Waals surface area contributed by atoms with Crippen molar-refractivity contribution in [1.82, 2.24) is 0 Å². The molecule has 28 heavy (non-hydrogen) atoms. The van der Waals surface area contributed by atoms with Crippen LogP contribution in [0.5, 0.6) is 11.5 Å². The van der Waals surface area contributed by atoms with Crippen molar-refractivity contribution >= 4 is 57.6 Å². The number of benzene rings is 2. The molecule has 4 nitrogen and oxygen atoms in total. The molecule has 1 saturated heterocycles. The molecule has 0 aromatic heterocycles. The fourth-order valence-electron chi connectivity index (χ4n) is 2.65. The summed E-state index contributed by atoms with van der Waals surface area (Å²) in [6, 6.07) is 12.7. The number of carbonyl (C=O) groups excluding carboxylic acids is 1. The molecule has 0 radical (unpaired) electrons. The average molecular weight is 434 g/mol. The first-order valence-electron chi connectivity index (χ1n) is 8.88. The van der Waals surface area contributed by atoms with E-state index in [1.54, 1.807) is 31.4 Å². The Balaban J connectivity index is 1.82. The first-order valence-corrected chi connectivity index (χ1v) is 10.5. The molecule has 3 rings (SSSR count). The molecule has 2 aromatic carbocycles. The fourth-order valence-corrected chi connectivity index (χ4v) is 4.08. The van der Waals surface area contributed by atoms with Crippen LogP contribution in [0.15, 0.2) is 47.4 Å². The number of thioether (sulfide) groups is 1. The molecule has 0 aliphatic carbocycles. The van der Waals surface area contributed by atoms with Crippen molar-refractivity contribution in [2.24, 2.45) is 0 Å². The van der Waals surface area contributed by atoms with E-state index in [0.29, 0.717) is 38.0 Å². The van der Waals surface area contributed by atoms with Crippen molar-refractivity contribution in [2.45, 2.75) is 19.8 Å². The van der Waals surface area contributed by atoms with Crippen LogP contribution in [0.25, 0.3) is 6.08 Å². The second-order valence-corrected chi connectivity index (χ2v) is 8.22. The fraction of sp³-hybridized carbons (Fsp3) is 0.238. The van der Waals surface area contributed by atoms with Gasteiger partial charge in [-0.25, -0.2) is 0 Å². The van der Waals surface area contributed by atoms with E-state index in [-0.39, 0.29) is 5.91 Å². The Kier molecular flexibility index (Phi) is 6.99. The Morgan fingerprint density at radius 1 is 1.18 bits per heavy atom. The number of ether oxygens (including phenoxy) is 2. The number of hydrogen-bond acceptors (Lipinski definition) is 5. The molecular formula is C21H20ClNO3S2. The van der Waals surface area contributed by atoms with Gasteiger partial charge in [0.1, 0.15) is 0 Å². The minimum atomic E-state index is -0.153. The Morgan fingerprint density at radius 2 is 1.93 bits per heavy atom. The quantitative estimate of drug-likeness (QED) is 0.307. The van der Waals surface area contributed by atoms with E-state index in [0.717, 1.165) is 18.4 Å². The third-order valence-corrected chi connectivity index (χ3v) is 5.67. The summed E-state index contributed by atoms with van der Waals surface area (Å²) in [6.07, 6.45) is 3.86. The van der Waals surface area contributed by atoms with E-state index >= 15 is 0 Å². The van der Waals surface area contributed by atoms with Crippen LogP contribution in [0.1, 0.15) is 25.3 Å². The predicted octanol–water partition coefficient (Wildman–Crippen LogP) is 5.93. The number of unbranched alkanes of at least 4 members (excludes halogenated alkanes) is 1. The number of halogens is 1. The van der Waals surface area contributed by atoms with Gasteiger partial charge in [-0.3, -0.25) is 9.69 Å². The lowest BCUT2D eigenvalue weighted by molar-refractivity contribution is -0.113. The molecule has 1 fully saturated rings. The van der Waals surface area contributed by atoms with Crippen LogP contribution in [-0.2, 0) is 4.79 Å². The number of carbonyl (C=O) groups is 1. The Hall–Kier alpha value is -2.02. The third kappa shape index (κ3) is 4.69. The number of rotatable bonds is 7. The first kappa shape index (κ1) is 20.7. The van der Waals surface area contributed by atoms with Gasteiger partial charge in [-0.15, -0.1) is 0 Å². The molecule has 1 amide bonds. The van der Waals surface area contributed by atoms with Crippen molar-refractivity contribution in [1.29, 1.82) is 0 Å². The van der Waals surface area contributed by atoms with Gasteiger partial charge in [-0.05, 0) is 54.5 Å². The molecule has 0 spiro atoms. The normalized spacial score (nSPS) is 15.4. The van der Waals surface area contributed by atoms with E-state index in [1.807, 2.05) is 24.3 Å². The van der Waals surface area contributed by atoms with Gasteiger partial charge in [0, 0.05) is 5.02 Å². The van der Waals surface area contributed by atoms with Gasteiger partial charge in [0.2, 0.25) is 0 Å². The first-order chi connectivity index (χ1) is 13.5. The van der Waals surface area contributed by atoms with Gasteiger partial charge in [-0.1, -0.05) is 55.0 Å². The largest absolute Gasteiger partial charge is 0.493 e. The number of methoxy groups -OCH3 is 1. The topological polar surface area (TPSA) is 38.8 Å². The van der Waals surface area contributed by atoms with Crippen molar-refractivity contribution in [3.8, 4) is 11.5 Å². The maximum atomic E-state index is 12.9. The molecule has 0 bridgehead atoms. The minimum absolute atomic E-state index is 0.153. The monoisotopic (exact) mass is 433 g/mol. The standard InChI is InChI=1S/C21H20ClNO3S2/c1-3-4-11-26-17-10-5-14(12-18(17)25-2)13-19-20(24)23(21(27)28-19)16-8-6-15(22)7-9-16/h5-10,12-13H,3-4,11H2,1-2H3/b19-13+. The molecule has 0 N–H and O–H groups in total. The molecule has 0 atom stereocenters. The number of amides is 1. The molecular weight excluding hydrogens is 414 g/mol. The molecule has 0 unspecified atom stereocenters. The van der Waals surface area contributed by atoms with E-state index in [9.17, 15) is 4.79 Å². The Labute approximate surface area is 179 Å². The lowest BCUT2D eigenvalue weighted by atomic mass is 10.1. The smallest absolute Gasteiger partial charge is 0.270 e. The maximum absolute atomic E-state index is 12.9. The summed E-state index contributed by atoms with van der Waals surface area (Å²) in [4.78, 5) is 14.9. The number of anilines is 1. The lowest BCUT2D eigenvalue weighted by Crippen LogP contribution is -2.27. The van der Waals surface area contributed by atoms with Crippen molar-refractivity contribution < 1.29 is 14.3 Å². The zero-order chi connectivity index (χ0) is 20.1. The van der Waals surface area contributed by atoms with Crippen molar-refractivity contribution in [3.05, 3.63) is 58.0 Å². The van der Waals surface area contributed by atoms with Crippen LogP contribution in [-0.4, -0.2) is 23.9 Å². The summed E-state index contributed by atoms with van der Waals surface area (Å²) in [7, 11) is 1.60. The van der Waals surface area contributed by atoms with Crippen LogP contribution in [0.4, 0.5) is 5.69 Å². The van der Waals surface area contributed by atoms with Crippen LogP contribution >= 0.6 is 35.6 Å². The summed E-state index contributed by atoms with van der Waals surface area (Å²) < 4.78 is 11.7. The molecule has 0 saturated carbocycles. The second-order valence-electron chi connectivity index (χ2n) is 6.11. The molecule has 1 aliphatic heterocycles. The number of hydrogen-bond donors (Lipinski definition) is 0. The van der Waals surface area contributed by atoms with Crippen LogP contribution in [0.3, 0.4) is 0 Å². The van der Waals surface area contributed by atoms with E-state index < -0.39 is 0 Å². The molecule has 1 aliphatic rings. The average Bonchev–Trinajstić information content (AvgIpc) is 2.97. The molecule has 7 heteroatoms. The Bertz CT molecular complexity index is 912. The lowest BCUT2D eigenvalue weighted by Gasteiger charge is -2.14. The predicted molar refractivity (Wildman–Crippen MR) is 121 cm³/mol.